The van der Waals surface area contributed by atoms with Gasteiger partial charge < -0.3 is 9.47 Å². The van der Waals surface area contributed by atoms with E-state index in [4.69, 9.17) is 0 Å². The second-order valence-corrected chi connectivity index (χ2v) is 6.53. The third-order valence-electron chi connectivity index (χ3n) is 3.81. The molecule has 1 aromatic heterocycles. The lowest BCUT2D eigenvalue weighted by molar-refractivity contribution is 0.0736. The molecule has 1 fully saturated rings. The van der Waals surface area contributed by atoms with Crippen LogP contribution in [0.15, 0.2) is 54.7 Å². The molecule has 0 atom stereocenters. The molecule has 0 N–H and O–H groups in total. The molecule has 1 aliphatic rings. The maximum absolute atomic E-state index is 12.7. The van der Waals surface area contributed by atoms with Crippen molar-refractivity contribution in [1.29, 1.82) is 0 Å². The molecule has 0 unspecified atom stereocenters. The molecular formula is C17H17IN2O. The number of aromatic nitrogens is 1. The van der Waals surface area contributed by atoms with Gasteiger partial charge in [0.2, 0.25) is 0 Å². The van der Waals surface area contributed by atoms with Crippen molar-refractivity contribution in [2.24, 2.45) is 0 Å². The van der Waals surface area contributed by atoms with Crippen LogP contribution in [0.3, 0.4) is 0 Å². The number of nitrogens with zero attached hydrogens (tertiary/aromatic N) is 2. The maximum atomic E-state index is 12.7. The molecule has 21 heavy (non-hydrogen) atoms. The molecule has 3 nitrogen and oxygen atoms in total. The molecule has 0 saturated carbocycles. The third-order valence-corrected chi connectivity index (χ3v) is 4.48. The monoisotopic (exact) mass is 392 g/mol. The zero-order chi connectivity index (χ0) is 14.8. The molecule has 0 aliphatic carbocycles. The normalized spacial score (nSPS) is 15.3. The minimum atomic E-state index is 0.103. The Labute approximate surface area is 138 Å². The van der Waals surface area contributed by atoms with Gasteiger partial charge in [0.05, 0.1) is 0 Å². The Morgan fingerprint density at radius 1 is 1.14 bits per heavy atom. The third kappa shape index (κ3) is 3.05. The molecule has 1 aliphatic heterocycles. The van der Waals surface area contributed by atoms with Crippen molar-refractivity contribution in [2.75, 3.05) is 13.1 Å². The van der Waals surface area contributed by atoms with Crippen LogP contribution in [0.4, 0.5) is 0 Å². The van der Waals surface area contributed by atoms with Crippen molar-refractivity contribution in [3.8, 4) is 5.69 Å². The van der Waals surface area contributed by atoms with Crippen LogP contribution in [-0.2, 0) is 0 Å². The molecule has 4 heteroatoms. The number of hydrogen-bond acceptors (Lipinski definition) is 1. The highest BCUT2D eigenvalue weighted by Gasteiger charge is 2.22. The van der Waals surface area contributed by atoms with Crippen molar-refractivity contribution in [1.82, 2.24) is 9.47 Å². The van der Waals surface area contributed by atoms with Crippen LogP contribution in [0.2, 0.25) is 0 Å². The molecule has 1 amide bonds. The summed E-state index contributed by atoms with van der Waals surface area (Å²) in [7, 11) is 0. The average Bonchev–Trinajstić information content (AvgIpc) is 2.97. The van der Waals surface area contributed by atoms with E-state index in [0.717, 1.165) is 40.9 Å². The molecule has 0 spiro atoms. The Balaban J connectivity index is 1.88. The summed E-state index contributed by atoms with van der Waals surface area (Å²) in [6.45, 7) is 5.55. The summed E-state index contributed by atoms with van der Waals surface area (Å²) >= 11 is 2.29. The fraction of sp³-hybridized carbons (Fsp3) is 0.235. The number of rotatable bonds is 2. The molecule has 0 bridgehead atoms. The Morgan fingerprint density at radius 2 is 1.90 bits per heavy atom. The first-order chi connectivity index (χ1) is 10.1. The topological polar surface area (TPSA) is 25.2 Å². The summed E-state index contributed by atoms with van der Waals surface area (Å²) in [6.07, 6.45) is 3.77. The number of benzene rings is 1. The molecule has 3 rings (SSSR count). The SMILES string of the molecule is C=C1CCN(C(=O)c2cccn2-c2cccc(I)c2)CC1. The molecule has 2 aromatic rings. The standard InChI is InChI=1S/C17H17IN2O/c1-13-7-10-19(11-8-13)17(21)16-6-3-9-20(16)15-5-2-4-14(18)12-15/h2-6,9,12H,1,7-8,10-11H2. The summed E-state index contributed by atoms with van der Waals surface area (Å²) < 4.78 is 3.12. The van der Waals surface area contributed by atoms with Crippen LogP contribution in [-0.4, -0.2) is 28.5 Å². The van der Waals surface area contributed by atoms with E-state index in [2.05, 4.69) is 35.2 Å². The van der Waals surface area contributed by atoms with Gasteiger partial charge in [-0.05, 0) is 65.8 Å². The Morgan fingerprint density at radius 3 is 2.62 bits per heavy atom. The first-order valence-electron chi connectivity index (χ1n) is 7.04. The fourth-order valence-electron chi connectivity index (χ4n) is 2.59. The lowest BCUT2D eigenvalue weighted by Gasteiger charge is -2.28. The van der Waals surface area contributed by atoms with Gasteiger partial charge in [0.15, 0.2) is 0 Å². The van der Waals surface area contributed by atoms with Crippen molar-refractivity contribution in [3.05, 3.63) is 64.0 Å². The van der Waals surface area contributed by atoms with Crippen molar-refractivity contribution in [2.45, 2.75) is 12.8 Å². The van der Waals surface area contributed by atoms with E-state index in [9.17, 15) is 4.79 Å². The Bertz CT molecular complexity index is 680. The van der Waals surface area contributed by atoms with Gasteiger partial charge >= 0.3 is 0 Å². The van der Waals surface area contributed by atoms with E-state index in [1.165, 1.54) is 5.57 Å². The summed E-state index contributed by atoms with van der Waals surface area (Å²) in [5, 5.41) is 0. The van der Waals surface area contributed by atoms with Crippen molar-refractivity contribution >= 4 is 28.5 Å². The number of amides is 1. The van der Waals surface area contributed by atoms with E-state index in [1.807, 2.05) is 46.0 Å². The highest BCUT2D eigenvalue weighted by Crippen LogP contribution is 2.20. The Kier molecular flexibility index (Phi) is 4.14. The van der Waals surface area contributed by atoms with E-state index in [0.29, 0.717) is 0 Å². The molecule has 1 aromatic carbocycles. The van der Waals surface area contributed by atoms with E-state index >= 15 is 0 Å². The van der Waals surface area contributed by atoms with Crippen LogP contribution >= 0.6 is 22.6 Å². The van der Waals surface area contributed by atoms with Crippen molar-refractivity contribution < 1.29 is 4.79 Å². The zero-order valence-electron chi connectivity index (χ0n) is 11.8. The van der Waals surface area contributed by atoms with E-state index in [-0.39, 0.29) is 5.91 Å². The first kappa shape index (κ1) is 14.4. The Hall–Kier alpha value is -1.56. The highest BCUT2D eigenvalue weighted by molar-refractivity contribution is 14.1. The maximum Gasteiger partial charge on any atom is 0.270 e. The number of carbonyl (C=O) groups excluding carboxylic acids is 1. The number of piperidine rings is 1. The van der Waals surface area contributed by atoms with Gasteiger partial charge in [-0.25, -0.2) is 0 Å². The van der Waals surface area contributed by atoms with Gasteiger partial charge in [-0.2, -0.15) is 0 Å². The number of hydrogen-bond donors (Lipinski definition) is 0. The van der Waals surface area contributed by atoms with Gasteiger partial charge in [0.25, 0.3) is 5.91 Å². The smallest absolute Gasteiger partial charge is 0.270 e. The van der Waals surface area contributed by atoms with Crippen LogP contribution in [0.5, 0.6) is 0 Å². The highest BCUT2D eigenvalue weighted by atomic mass is 127. The number of halogens is 1. The quantitative estimate of drug-likeness (QED) is 0.563. The minimum Gasteiger partial charge on any atom is -0.337 e. The lowest BCUT2D eigenvalue weighted by atomic mass is 10.1. The molecule has 108 valence electrons. The second-order valence-electron chi connectivity index (χ2n) is 5.29. The zero-order valence-corrected chi connectivity index (χ0v) is 13.9. The largest absolute Gasteiger partial charge is 0.337 e. The fourth-order valence-corrected chi connectivity index (χ4v) is 3.12. The van der Waals surface area contributed by atoms with Crippen LogP contribution in [0.1, 0.15) is 23.3 Å². The predicted molar refractivity (Wildman–Crippen MR) is 92.8 cm³/mol. The molecular weight excluding hydrogens is 375 g/mol. The molecule has 1 saturated heterocycles. The van der Waals surface area contributed by atoms with Gasteiger partial charge in [0, 0.05) is 28.5 Å². The first-order valence-corrected chi connectivity index (χ1v) is 8.12. The van der Waals surface area contributed by atoms with E-state index < -0.39 is 0 Å². The molecule has 0 radical (unpaired) electrons. The predicted octanol–water partition coefficient (Wildman–Crippen LogP) is 3.87. The summed E-state index contributed by atoms with van der Waals surface area (Å²) in [6, 6.07) is 12.0. The van der Waals surface area contributed by atoms with Gasteiger partial charge in [-0.15, -0.1) is 0 Å². The molecule has 2 heterocycles. The minimum absolute atomic E-state index is 0.103. The van der Waals surface area contributed by atoms with Crippen molar-refractivity contribution in [3.63, 3.8) is 0 Å². The number of likely N-dealkylation sites (tertiary alicyclic amines) is 1. The lowest BCUT2D eigenvalue weighted by Crippen LogP contribution is -2.37. The summed E-state index contributed by atoms with van der Waals surface area (Å²) in [5.41, 5.74) is 2.99. The summed E-state index contributed by atoms with van der Waals surface area (Å²) in [4.78, 5) is 14.6. The average molecular weight is 392 g/mol. The number of carbonyl (C=O) groups is 1. The second kappa shape index (κ2) is 6.05. The van der Waals surface area contributed by atoms with Gasteiger partial charge in [0.1, 0.15) is 5.69 Å². The summed E-state index contributed by atoms with van der Waals surface area (Å²) in [5.74, 6) is 0.103. The van der Waals surface area contributed by atoms with Gasteiger partial charge in [-0.1, -0.05) is 18.2 Å². The van der Waals surface area contributed by atoms with Crippen LogP contribution in [0.25, 0.3) is 5.69 Å². The van der Waals surface area contributed by atoms with Gasteiger partial charge in [-0.3, -0.25) is 4.79 Å². The van der Waals surface area contributed by atoms with Crippen LogP contribution < -0.4 is 0 Å². The van der Waals surface area contributed by atoms with E-state index in [1.54, 1.807) is 0 Å². The van der Waals surface area contributed by atoms with Crippen LogP contribution in [0, 0.1) is 3.57 Å².